The highest BCUT2D eigenvalue weighted by atomic mass is 32.2. The van der Waals surface area contributed by atoms with Gasteiger partial charge in [0.2, 0.25) is 5.91 Å². The minimum Gasteiger partial charge on any atom is -0.324 e. The summed E-state index contributed by atoms with van der Waals surface area (Å²) in [5, 5.41) is 8.30. The third-order valence-corrected chi connectivity index (χ3v) is 5.75. The number of hydrogen-bond acceptors (Lipinski definition) is 5. The molecule has 10 heteroatoms. The number of amides is 1. The van der Waals surface area contributed by atoms with E-state index >= 15 is 0 Å². The van der Waals surface area contributed by atoms with Crippen molar-refractivity contribution in [1.82, 2.24) is 15.2 Å². The quantitative estimate of drug-likeness (QED) is 0.647. The van der Waals surface area contributed by atoms with E-state index in [9.17, 15) is 22.8 Å². The molecular formula is C18H21F3N4O2S. The topological polar surface area (TPSA) is 75.2 Å². The van der Waals surface area contributed by atoms with Crippen LogP contribution in [0.1, 0.15) is 12.8 Å². The molecule has 2 atom stereocenters. The summed E-state index contributed by atoms with van der Waals surface area (Å²) in [5.74, 6) is 5.17. The van der Waals surface area contributed by atoms with Gasteiger partial charge in [-0.2, -0.15) is 0 Å². The Hall–Kier alpha value is -1.96. The molecule has 0 spiro atoms. The lowest BCUT2D eigenvalue weighted by Crippen LogP contribution is -2.30. The molecule has 1 aromatic rings. The minimum absolute atomic E-state index is 0.0346. The molecule has 152 valence electrons. The summed E-state index contributed by atoms with van der Waals surface area (Å²) in [6.07, 6.45) is 0.233. The summed E-state index contributed by atoms with van der Waals surface area (Å²) < 4.78 is 39.3. The Kier molecular flexibility index (Phi) is 7.04. The largest absolute Gasteiger partial charge is 0.324 e. The van der Waals surface area contributed by atoms with Gasteiger partial charge in [-0.05, 0) is 25.9 Å². The molecule has 28 heavy (non-hydrogen) atoms. The highest BCUT2D eigenvalue weighted by Crippen LogP contribution is 2.24. The summed E-state index contributed by atoms with van der Waals surface area (Å²) in [5.41, 5.74) is -1.18. The number of nitrogens with one attached hydrogen (secondary N) is 3. The summed E-state index contributed by atoms with van der Waals surface area (Å²) >= 11 is 1.35. The summed E-state index contributed by atoms with van der Waals surface area (Å²) in [6, 6.07) is 0.837. The Bertz CT molecular complexity index is 830. The Balaban J connectivity index is 1.59. The number of nitrogens with zero attached hydrogens (tertiary/aromatic N) is 1. The average molecular weight is 414 g/mol. The van der Waals surface area contributed by atoms with Gasteiger partial charge in [-0.1, -0.05) is 11.8 Å². The molecule has 2 aliphatic heterocycles. The van der Waals surface area contributed by atoms with Crippen LogP contribution in [0.4, 0.5) is 18.9 Å². The predicted molar refractivity (Wildman–Crippen MR) is 102 cm³/mol. The first kappa shape index (κ1) is 20.8. The molecule has 2 fully saturated rings. The van der Waals surface area contributed by atoms with Crippen molar-refractivity contribution in [3.8, 4) is 11.8 Å². The van der Waals surface area contributed by atoms with Crippen LogP contribution in [0.2, 0.25) is 0 Å². The SMILES string of the molecule is O=C(Nc1cc(F)c(=O)n(CC(F)F)c1)C1CNC(C#CC2CCNCC2)S1. The Morgan fingerprint density at radius 1 is 1.36 bits per heavy atom. The molecule has 3 N–H and O–H groups in total. The second kappa shape index (κ2) is 9.49. The van der Waals surface area contributed by atoms with E-state index in [1.165, 1.54) is 11.8 Å². The van der Waals surface area contributed by atoms with Crippen LogP contribution in [-0.4, -0.2) is 47.2 Å². The summed E-state index contributed by atoms with van der Waals surface area (Å²) in [7, 11) is 0. The van der Waals surface area contributed by atoms with Crippen molar-refractivity contribution in [2.45, 2.75) is 36.4 Å². The molecule has 0 radical (unpaired) electrons. The number of rotatable bonds is 4. The van der Waals surface area contributed by atoms with Crippen molar-refractivity contribution in [2.75, 3.05) is 25.0 Å². The molecule has 2 saturated heterocycles. The normalized spacial score (nSPS) is 22.7. The monoisotopic (exact) mass is 414 g/mol. The number of carbonyl (C=O) groups is 1. The zero-order valence-corrected chi connectivity index (χ0v) is 15.8. The van der Waals surface area contributed by atoms with Crippen LogP contribution in [-0.2, 0) is 11.3 Å². The second-order valence-electron chi connectivity index (χ2n) is 6.64. The Morgan fingerprint density at radius 2 is 2.11 bits per heavy atom. The molecule has 0 aromatic carbocycles. The van der Waals surface area contributed by atoms with Gasteiger partial charge in [0.1, 0.15) is 5.37 Å². The first-order valence-electron chi connectivity index (χ1n) is 9.02. The van der Waals surface area contributed by atoms with E-state index in [1.54, 1.807) is 0 Å². The van der Waals surface area contributed by atoms with Gasteiger partial charge in [-0.3, -0.25) is 14.9 Å². The van der Waals surface area contributed by atoms with Gasteiger partial charge in [-0.15, -0.1) is 11.8 Å². The maximum absolute atomic E-state index is 13.7. The fourth-order valence-corrected chi connectivity index (χ4v) is 4.08. The van der Waals surface area contributed by atoms with Crippen LogP contribution in [0.5, 0.6) is 0 Å². The first-order chi connectivity index (χ1) is 13.4. The minimum atomic E-state index is -2.81. The van der Waals surface area contributed by atoms with E-state index in [0.29, 0.717) is 17.0 Å². The van der Waals surface area contributed by atoms with Crippen LogP contribution in [0.25, 0.3) is 0 Å². The number of alkyl halides is 2. The number of halogens is 3. The number of anilines is 1. The lowest BCUT2D eigenvalue weighted by atomic mass is 9.99. The molecule has 3 rings (SSSR count). The molecule has 0 bridgehead atoms. The van der Waals surface area contributed by atoms with E-state index in [4.69, 9.17) is 0 Å². The first-order valence-corrected chi connectivity index (χ1v) is 9.96. The van der Waals surface area contributed by atoms with E-state index in [-0.39, 0.29) is 11.1 Å². The molecule has 2 aliphatic rings. The van der Waals surface area contributed by atoms with Crippen molar-refractivity contribution >= 4 is 23.4 Å². The Labute approximate surface area is 164 Å². The maximum Gasteiger partial charge on any atom is 0.286 e. The van der Waals surface area contributed by atoms with Crippen molar-refractivity contribution in [1.29, 1.82) is 0 Å². The zero-order chi connectivity index (χ0) is 20.1. The van der Waals surface area contributed by atoms with E-state index in [1.807, 2.05) is 0 Å². The highest BCUT2D eigenvalue weighted by Gasteiger charge is 2.29. The average Bonchev–Trinajstić information content (AvgIpc) is 3.14. The van der Waals surface area contributed by atoms with Gasteiger partial charge in [0.25, 0.3) is 12.0 Å². The molecule has 1 aromatic heterocycles. The third-order valence-electron chi connectivity index (χ3n) is 4.48. The molecule has 6 nitrogen and oxygen atoms in total. The number of aromatic nitrogens is 1. The van der Waals surface area contributed by atoms with Gasteiger partial charge in [0, 0.05) is 24.7 Å². The lowest BCUT2D eigenvalue weighted by Gasteiger charge is -2.17. The van der Waals surface area contributed by atoms with Crippen LogP contribution >= 0.6 is 11.8 Å². The molecule has 0 saturated carbocycles. The summed E-state index contributed by atoms with van der Waals surface area (Å²) in [4.78, 5) is 24.0. The highest BCUT2D eigenvalue weighted by molar-refractivity contribution is 8.01. The summed E-state index contributed by atoms with van der Waals surface area (Å²) in [6.45, 7) is 1.37. The van der Waals surface area contributed by atoms with Crippen molar-refractivity contribution in [2.24, 2.45) is 5.92 Å². The number of carbonyl (C=O) groups excluding carboxylic acids is 1. The van der Waals surface area contributed by atoms with Gasteiger partial charge in [0.15, 0.2) is 5.82 Å². The maximum atomic E-state index is 13.7. The van der Waals surface area contributed by atoms with Gasteiger partial charge in [0.05, 0.1) is 17.5 Å². The fourth-order valence-electron chi connectivity index (χ4n) is 3.05. The van der Waals surface area contributed by atoms with Crippen LogP contribution < -0.4 is 21.5 Å². The number of pyridine rings is 1. The van der Waals surface area contributed by atoms with Crippen molar-refractivity contribution < 1.29 is 18.0 Å². The van der Waals surface area contributed by atoms with Crippen molar-refractivity contribution in [3.63, 3.8) is 0 Å². The molecule has 1 amide bonds. The van der Waals surface area contributed by atoms with Crippen LogP contribution in [0.15, 0.2) is 17.1 Å². The molecule has 3 heterocycles. The number of hydrogen-bond donors (Lipinski definition) is 3. The van der Waals surface area contributed by atoms with Gasteiger partial charge >= 0.3 is 0 Å². The zero-order valence-electron chi connectivity index (χ0n) is 15.0. The van der Waals surface area contributed by atoms with E-state index in [2.05, 4.69) is 27.8 Å². The standard InChI is InChI=1S/C18H21F3N4O2S/c19-13-7-12(9-25(18(13)27)10-15(20)21)24-17(26)14-8-23-16(28-14)2-1-11-3-5-22-6-4-11/h7,9,11,14-16,22-23H,3-6,8,10H2,(H,24,26). The molecule has 2 unspecified atom stereocenters. The second-order valence-corrected chi connectivity index (χ2v) is 7.95. The number of piperidine rings is 1. The molecule has 0 aliphatic carbocycles. The third kappa shape index (κ3) is 5.53. The van der Waals surface area contributed by atoms with E-state index < -0.39 is 35.5 Å². The van der Waals surface area contributed by atoms with Crippen LogP contribution in [0, 0.1) is 23.6 Å². The van der Waals surface area contributed by atoms with Crippen molar-refractivity contribution in [3.05, 3.63) is 28.4 Å². The lowest BCUT2D eigenvalue weighted by molar-refractivity contribution is -0.115. The fraction of sp³-hybridized carbons (Fsp3) is 0.556. The van der Waals surface area contributed by atoms with Gasteiger partial charge < -0.3 is 15.2 Å². The molecular weight excluding hydrogens is 393 g/mol. The van der Waals surface area contributed by atoms with Crippen LogP contribution in [0.3, 0.4) is 0 Å². The number of thioether (sulfide) groups is 1. The van der Waals surface area contributed by atoms with E-state index in [0.717, 1.165) is 38.2 Å². The predicted octanol–water partition coefficient (Wildman–Crippen LogP) is 1.23. The Morgan fingerprint density at radius 3 is 2.82 bits per heavy atom. The smallest absolute Gasteiger partial charge is 0.286 e. The van der Waals surface area contributed by atoms with Gasteiger partial charge in [-0.25, -0.2) is 13.2 Å².